The molecule has 0 unspecified atom stereocenters. The summed E-state index contributed by atoms with van der Waals surface area (Å²) in [4.78, 5) is 16.7. The Hall–Kier alpha value is -1.56. The van der Waals surface area contributed by atoms with Crippen LogP contribution in [0.3, 0.4) is 0 Å². The van der Waals surface area contributed by atoms with Crippen LogP contribution in [0.25, 0.3) is 21.2 Å². The number of rotatable bonds is 6. The zero-order chi connectivity index (χ0) is 23.5. The van der Waals surface area contributed by atoms with E-state index in [1.807, 2.05) is 55.6 Å². The molecule has 0 spiro atoms. The number of nitrogens with zero attached hydrogens (tertiary/aromatic N) is 1. The molecule has 1 radical (unpaired) electrons. The van der Waals surface area contributed by atoms with Crippen LogP contribution in [0.15, 0.2) is 72.8 Å². The van der Waals surface area contributed by atoms with Gasteiger partial charge in [-0.1, -0.05) is 65.7 Å². The van der Waals surface area contributed by atoms with Crippen LogP contribution in [0.2, 0.25) is 5.02 Å². The summed E-state index contributed by atoms with van der Waals surface area (Å²) in [6, 6.07) is 28.5. The molecule has 0 atom stereocenters. The smallest absolute Gasteiger partial charge is 0.265 e. The molecule has 1 fully saturated rings. The van der Waals surface area contributed by atoms with Crippen LogP contribution in [0.1, 0.15) is 40.9 Å². The fraction of sp³-hybridized carbons (Fsp3) is 0.276. The molecule has 1 aliphatic carbocycles. The number of halogens is 1. The third kappa shape index (κ3) is 5.89. The summed E-state index contributed by atoms with van der Waals surface area (Å²) in [6.45, 7) is 0.562. The molecule has 0 saturated heterocycles. The zero-order valence-corrected chi connectivity index (χ0v) is 24.2. The topological polar surface area (TPSA) is 32.3 Å². The van der Waals surface area contributed by atoms with E-state index in [0.29, 0.717) is 22.5 Å². The Morgan fingerprint density at radius 2 is 1.77 bits per heavy atom. The molecule has 4 aromatic rings. The number of carbonyl (C=O) groups excluding carboxylic acids is 1. The zero-order valence-electron chi connectivity index (χ0n) is 19.8. The first-order valence-corrected chi connectivity index (χ1v) is 13.0. The Labute approximate surface area is 241 Å². The van der Waals surface area contributed by atoms with Crippen molar-refractivity contribution in [3.63, 3.8) is 0 Å². The maximum absolute atomic E-state index is 14.0. The molecule has 35 heavy (non-hydrogen) atoms. The summed E-state index contributed by atoms with van der Waals surface area (Å²) < 4.78 is 1.05. The van der Waals surface area contributed by atoms with Gasteiger partial charge in [-0.2, -0.15) is 0 Å². The average Bonchev–Trinajstić information content (AvgIpc) is 3.24. The number of benzene rings is 3. The first-order chi connectivity index (χ1) is 16.6. The van der Waals surface area contributed by atoms with Gasteiger partial charge in [0, 0.05) is 61.4 Å². The Balaban J connectivity index is 0.00000289. The molecule has 5 rings (SSSR count). The standard InChI is InChI=1S/C29H28ClN2OS.Y/c1-31-23-14-16-24(17-15-23)32(29(33)28-27(30)25-12-5-6-13-26(25)34-28)19-20-8-7-11-22(18-20)21-9-3-2-4-10-21;/h2-10,12-13,18,23-24,31H,14-17,19H2,1H3;/q-1;. The summed E-state index contributed by atoms with van der Waals surface area (Å²) in [6.07, 6.45) is 4.13. The molecule has 1 N–H and O–H groups in total. The van der Waals surface area contributed by atoms with E-state index in [9.17, 15) is 4.79 Å². The SMILES string of the molecule is CNC1CCC(N(Cc2cc[c-]c(-c3ccccc3)c2)C(=O)c2sc3ccccc3c2Cl)CC1.[Y]. The fourth-order valence-corrected chi connectivity index (χ4v) is 6.39. The molecular formula is C29H28ClN2OSY-. The monoisotopic (exact) mass is 576 g/mol. The third-order valence-electron chi connectivity index (χ3n) is 6.84. The van der Waals surface area contributed by atoms with Gasteiger partial charge >= 0.3 is 0 Å². The normalized spacial score (nSPS) is 17.7. The van der Waals surface area contributed by atoms with Crippen molar-refractivity contribution in [3.8, 4) is 11.1 Å². The van der Waals surface area contributed by atoms with E-state index in [1.54, 1.807) is 0 Å². The van der Waals surface area contributed by atoms with Crippen molar-refractivity contribution >= 4 is 38.9 Å². The molecule has 177 valence electrons. The molecule has 1 aliphatic rings. The molecule has 1 saturated carbocycles. The second-order valence-corrected chi connectivity index (χ2v) is 10.4. The van der Waals surface area contributed by atoms with Gasteiger partial charge in [-0.05, 0) is 38.8 Å². The van der Waals surface area contributed by atoms with Crippen molar-refractivity contribution in [2.45, 2.75) is 44.3 Å². The Morgan fingerprint density at radius 3 is 2.49 bits per heavy atom. The van der Waals surface area contributed by atoms with Gasteiger partial charge in [-0.25, -0.2) is 0 Å². The van der Waals surface area contributed by atoms with E-state index in [2.05, 4.69) is 40.5 Å². The summed E-state index contributed by atoms with van der Waals surface area (Å²) >= 11 is 8.24. The minimum atomic E-state index is 0. The van der Waals surface area contributed by atoms with E-state index in [0.717, 1.165) is 52.5 Å². The molecule has 3 nitrogen and oxygen atoms in total. The first-order valence-electron chi connectivity index (χ1n) is 11.9. The first kappa shape index (κ1) is 26.5. The predicted octanol–water partition coefficient (Wildman–Crippen LogP) is 7.19. The van der Waals surface area contributed by atoms with Gasteiger partial charge in [0.15, 0.2) is 0 Å². The minimum Gasteiger partial charge on any atom is -0.332 e. The van der Waals surface area contributed by atoms with E-state index in [4.69, 9.17) is 11.6 Å². The van der Waals surface area contributed by atoms with Crippen molar-refractivity contribution in [3.05, 3.63) is 94.3 Å². The van der Waals surface area contributed by atoms with E-state index >= 15 is 0 Å². The average molecular weight is 577 g/mol. The van der Waals surface area contributed by atoms with Gasteiger partial charge in [-0.3, -0.25) is 4.79 Å². The van der Waals surface area contributed by atoms with Crippen molar-refractivity contribution in [1.29, 1.82) is 0 Å². The number of nitrogens with one attached hydrogen (secondary N) is 1. The maximum atomic E-state index is 14.0. The van der Waals surface area contributed by atoms with Crippen molar-refractivity contribution in [2.75, 3.05) is 7.05 Å². The summed E-state index contributed by atoms with van der Waals surface area (Å²) in [7, 11) is 2.02. The van der Waals surface area contributed by atoms with Gasteiger partial charge in [0.2, 0.25) is 0 Å². The van der Waals surface area contributed by atoms with Gasteiger partial charge in [0.1, 0.15) is 4.88 Å². The van der Waals surface area contributed by atoms with Crippen LogP contribution in [0, 0.1) is 6.07 Å². The van der Waals surface area contributed by atoms with Crippen molar-refractivity contribution in [1.82, 2.24) is 10.2 Å². The van der Waals surface area contributed by atoms with Crippen LogP contribution in [0.4, 0.5) is 0 Å². The van der Waals surface area contributed by atoms with Gasteiger partial charge in [-0.15, -0.1) is 46.7 Å². The number of carbonyl (C=O) groups is 1. The Bertz CT molecular complexity index is 1280. The fourth-order valence-electron chi connectivity index (χ4n) is 4.92. The van der Waals surface area contributed by atoms with Gasteiger partial charge < -0.3 is 10.2 Å². The van der Waals surface area contributed by atoms with Crippen LogP contribution in [-0.4, -0.2) is 29.9 Å². The summed E-state index contributed by atoms with van der Waals surface area (Å²) in [5.74, 6) is 0.0354. The van der Waals surface area contributed by atoms with Crippen LogP contribution in [-0.2, 0) is 39.3 Å². The minimum absolute atomic E-state index is 0. The Kier molecular flexibility index (Phi) is 9.18. The van der Waals surface area contributed by atoms with Gasteiger partial charge in [0.05, 0.1) is 5.02 Å². The number of thiophene rings is 1. The number of fused-ring (bicyclic) bond motifs is 1. The van der Waals surface area contributed by atoms with E-state index in [1.165, 1.54) is 11.3 Å². The van der Waals surface area contributed by atoms with Crippen molar-refractivity contribution in [2.24, 2.45) is 0 Å². The van der Waals surface area contributed by atoms with E-state index < -0.39 is 0 Å². The third-order valence-corrected chi connectivity index (χ3v) is 8.50. The predicted molar refractivity (Wildman–Crippen MR) is 143 cm³/mol. The molecule has 6 heteroatoms. The molecule has 0 aliphatic heterocycles. The van der Waals surface area contributed by atoms with Gasteiger partial charge in [0.25, 0.3) is 5.91 Å². The molecule has 1 aromatic heterocycles. The Morgan fingerprint density at radius 1 is 1.06 bits per heavy atom. The quantitative estimate of drug-likeness (QED) is 0.246. The molecular weight excluding hydrogens is 549 g/mol. The van der Waals surface area contributed by atoms with Crippen LogP contribution >= 0.6 is 22.9 Å². The maximum Gasteiger partial charge on any atom is 0.265 e. The molecule has 1 heterocycles. The second kappa shape index (κ2) is 12.1. The van der Waals surface area contributed by atoms with Crippen LogP contribution in [0.5, 0.6) is 0 Å². The summed E-state index contributed by atoms with van der Waals surface area (Å²) in [5, 5.41) is 4.93. The molecule has 0 bridgehead atoms. The molecule has 1 amide bonds. The second-order valence-electron chi connectivity index (χ2n) is 8.95. The summed E-state index contributed by atoms with van der Waals surface area (Å²) in [5.41, 5.74) is 3.28. The largest absolute Gasteiger partial charge is 0.332 e. The number of amides is 1. The number of hydrogen-bond donors (Lipinski definition) is 1. The van der Waals surface area contributed by atoms with Crippen molar-refractivity contribution < 1.29 is 37.5 Å². The van der Waals surface area contributed by atoms with Crippen LogP contribution < -0.4 is 5.32 Å². The molecule has 3 aromatic carbocycles. The van der Waals surface area contributed by atoms with E-state index in [-0.39, 0.29) is 44.7 Å². The number of hydrogen-bond acceptors (Lipinski definition) is 3.